The zero-order chi connectivity index (χ0) is 19.7. The summed E-state index contributed by atoms with van der Waals surface area (Å²) in [5.41, 5.74) is 3.07. The highest BCUT2D eigenvalue weighted by Crippen LogP contribution is 2.51. The highest BCUT2D eigenvalue weighted by Gasteiger charge is 2.53. The molecule has 1 heterocycles. The van der Waals surface area contributed by atoms with Gasteiger partial charge in [0.2, 0.25) is 0 Å². The maximum Gasteiger partial charge on any atom is 0.119 e. The van der Waals surface area contributed by atoms with Gasteiger partial charge in [-0.15, -0.1) is 0 Å². The van der Waals surface area contributed by atoms with E-state index in [2.05, 4.69) is 6.07 Å². The molecule has 1 saturated carbocycles. The molecular weight excluding hydrogens is 354 g/mol. The fourth-order valence-electron chi connectivity index (χ4n) is 3.95. The molecule has 2 fully saturated rings. The number of nitriles is 1. The van der Waals surface area contributed by atoms with Crippen molar-refractivity contribution in [1.29, 1.82) is 5.26 Å². The molecule has 0 aromatic heterocycles. The van der Waals surface area contributed by atoms with Crippen LogP contribution in [0.2, 0.25) is 0 Å². The van der Waals surface area contributed by atoms with Gasteiger partial charge in [0.05, 0.1) is 29.9 Å². The number of rotatable bonds is 5. The number of benzene rings is 2. The average molecular weight is 379 g/mol. The van der Waals surface area contributed by atoms with E-state index in [0.717, 1.165) is 35.3 Å². The van der Waals surface area contributed by atoms with E-state index in [-0.39, 0.29) is 5.60 Å². The van der Waals surface area contributed by atoms with Crippen molar-refractivity contribution < 1.29 is 19.7 Å². The summed E-state index contributed by atoms with van der Waals surface area (Å²) in [7, 11) is 0. The lowest BCUT2D eigenvalue weighted by atomic mass is 9.89. The van der Waals surface area contributed by atoms with Crippen LogP contribution < -0.4 is 4.74 Å². The summed E-state index contributed by atoms with van der Waals surface area (Å²) in [4.78, 5) is 0. The molecule has 5 heteroatoms. The van der Waals surface area contributed by atoms with Crippen LogP contribution in [-0.4, -0.2) is 34.6 Å². The van der Waals surface area contributed by atoms with Crippen molar-refractivity contribution in [3.8, 4) is 11.8 Å². The van der Waals surface area contributed by atoms with E-state index in [1.165, 1.54) is 0 Å². The monoisotopic (exact) mass is 379 g/mol. The first kappa shape index (κ1) is 18.9. The zero-order valence-electron chi connectivity index (χ0n) is 16.0. The van der Waals surface area contributed by atoms with E-state index in [9.17, 15) is 15.5 Å². The van der Waals surface area contributed by atoms with Crippen molar-refractivity contribution >= 4 is 0 Å². The molecule has 2 N–H and O–H groups in total. The van der Waals surface area contributed by atoms with Crippen LogP contribution in [0.25, 0.3) is 0 Å². The second kappa shape index (κ2) is 7.56. The minimum absolute atomic E-state index is 0.285. The molecule has 28 heavy (non-hydrogen) atoms. The number of hydrogen-bond acceptors (Lipinski definition) is 5. The smallest absolute Gasteiger partial charge is 0.119 e. The van der Waals surface area contributed by atoms with Gasteiger partial charge in [-0.05, 0) is 61.1 Å². The van der Waals surface area contributed by atoms with Crippen LogP contribution in [-0.2, 0) is 11.2 Å². The number of ether oxygens (including phenoxy) is 2. The molecule has 3 atom stereocenters. The summed E-state index contributed by atoms with van der Waals surface area (Å²) in [6.07, 6.45) is 0.604. The van der Waals surface area contributed by atoms with Gasteiger partial charge in [0.25, 0.3) is 0 Å². The van der Waals surface area contributed by atoms with E-state index in [1.54, 1.807) is 6.07 Å². The predicted octanol–water partition coefficient (Wildman–Crippen LogP) is 3.26. The lowest BCUT2D eigenvalue weighted by molar-refractivity contribution is -0.182. The average Bonchev–Trinajstić information content (AvgIpc) is 3.45. The Morgan fingerprint density at radius 1 is 1.18 bits per heavy atom. The third-order valence-electron chi connectivity index (χ3n) is 5.68. The third-order valence-corrected chi connectivity index (χ3v) is 5.68. The number of aliphatic hydroxyl groups is 2. The maximum atomic E-state index is 10.5. The molecule has 0 bridgehead atoms. The first-order chi connectivity index (χ1) is 13.5. The van der Waals surface area contributed by atoms with Gasteiger partial charge >= 0.3 is 0 Å². The Bertz CT molecular complexity index is 882. The quantitative estimate of drug-likeness (QED) is 0.833. The Morgan fingerprint density at radius 3 is 2.57 bits per heavy atom. The minimum Gasteiger partial charge on any atom is -0.494 e. The predicted molar refractivity (Wildman–Crippen MR) is 104 cm³/mol. The topological polar surface area (TPSA) is 82.7 Å². The van der Waals surface area contributed by atoms with Gasteiger partial charge < -0.3 is 19.7 Å². The van der Waals surface area contributed by atoms with Gasteiger partial charge in [0.15, 0.2) is 0 Å². The molecule has 0 unspecified atom stereocenters. The van der Waals surface area contributed by atoms with E-state index in [1.807, 2.05) is 43.3 Å². The summed E-state index contributed by atoms with van der Waals surface area (Å²) in [6, 6.07) is 15.6. The maximum absolute atomic E-state index is 10.5. The molecule has 1 aliphatic heterocycles. The molecule has 0 amide bonds. The van der Waals surface area contributed by atoms with E-state index >= 15 is 0 Å². The molecule has 5 nitrogen and oxygen atoms in total. The van der Waals surface area contributed by atoms with Gasteiger partial charge in [0.1, 0.15) is 18.0 Å². The number of aliphatic hydroxyl groups excluding tert-OH is 2. The SMILES string of the molecule is CCOc1ccc(Cc2cc([C@@H]3OC4(CC4)C[C@H](O)[C@H]3O)ccc2C#N)cc1. The molecule has 2 aliphatic rings. The van der Waals surface area contributed by atoms with Crippen molar-refractivity contribution in [3.05, 3.63) is 64.7 Å². The highest BCUT2D eigenvalue weighted by molar-refractivity contribution is 5.44. The van der Waals surface area contributed by atoms with Crippen molar-refractivity contribution in [2.45, 2.75) is 56.5 Å². The van der Waals surface area contributed by atoms with Gasteiger partial charge in [-0.25, -0.2) is 0 Å². The fraction of sp³-hybridized carbons (Fsp3) is 0.435. The number of nitrogens with zero attached hydrogens (tertiary/aromatic N) is 1. The molecule has 2 aromatic rings. The lowest BCUT2D eigenvalue weighted by Gasteiger charge is -2.38. The Hall–Kier alpha value is -2.39. The Balaban J connectivity index is 1.60. The first-order valence-electron chi connectivity index (χ1n) is 9.82. The highest BCUT2D eigenvalue weighted by atomic mass is 16.5. The second-order valence-corrected chi connectivity index (χ2v) is 7.77. The van der Waals surface area contributed by atoms with Crippen LogP contribution >= 0.6 is 0 Å². The van der Waals surface area contributed by atoms with Crippen molar-refractivity contribution in [2.75, 3.05) is 6.61 Å². The van der Waals surface area contributed by atoms with E-state index in [0.29, 0.717) is 25.0 Å². The summed E-state index contributed by atoms with van der Waals surface area (Å²) in [5, 5.41) is 30.3. The van der Waals surface area contributed by atoms with Crippen LogP contribution in [0.3, 0.4) is 0 Å². The second-order valence-electron chi connectivity index (χ2n) is 7.77. The molecule has 4 rings (SSSR count). The number of hydrogen-bond donors (Lipinski definition) is 2. The summed E-state index contributed by atoms with van der Waals surface area (Å²) in [6.45, 7) is 2.57. The molecule has 146 valence electrons. The van der Waals surface area contributed by atoms with Gasteiger partial charge in [0, 0.05) is 6.42 Å². The Labute approximate surface area is 165 Å². The standard InChI is InChI=1S/C23H25NO4/c1-2-27-19-7-3-15(4-8-19)11-18-12-16(5-6-17(18)14-24)22-21(26)20(25)13-23(28-22)9-10-23/h3-8,12,20-22,25-26H,2,9-11,13H2,1H3/t20-,21+,22-/m0/s1. The van der Waals surface area contributed by atoms with Crippen molar-refractivity contribution in [3.63, 3.8) is 0 Å². The normalized spacial score (nSPS) is 25.3. The van der Waals surface area contributed by atoms with Crippen LogP contribution in [0.1, 0.15) is 54.5 Å². The Kier molecular flexibility index (Phi) is 5.11. The Morgan fingerprint density at radius 2 is 1.93 bits per heavy atom. The molecule has 0 radical (unpaired) electrons. The van der Waals surface area contributed by atoms with E-state index in [4.69, 9.17) is 9.47 Å². The van der Waals surface area contributed by atoms with Crippen LogP contribution in [0, 0.1) is 11.3 Å². The summed E-state index contributed by atoms with van der Waals surface area (Å²) >= 11 is 0. The largest absolute Gasteiger partial charge is 0.494 e. The summed E-state index contributed by atoms with van der Waals surface area (Å²) in [5.74, 6) is 0.822. The summed E-state index contributed by atoms with van der Waals surface area (Å²) < 4.78 is 11.6. The molecular formula is C23H25NO4. The van der Waals surface area contributed by atoms with Gasteiger partial charge in [-0.3, -0.25) is 0 Å². The van der Waals surface area contributed by atoms with Crippen LogP contribution in [0.4, 0.5) is 0 Å². The van der Waals surface area contributed by atoms with Crippen molar-refractivity contribution in [2.24, 2.45) is 0 Å². The molecule has 1 aliphatic carbocycles. The van der Waals surface area contributed by atoms with Gasteiger partial charge in [-0.2, -0.15) is 5.26 Å². The van der Waals surface area contributed by atoms with Crippen LogP contribution in [0.5, 0.6) is 5.75 Å². The first-order valence-corrected chi connectivity index (χ1v) is 9.82. The van der Waals surface area contributed by atoms with E-state index < -0.39 is 18.3 Å². The van der Waals surface area contributed by atoms with Crippen molar-refractivity contribution in [1.82, 2.24) is 0 Å². The van der Waals surface area contributed by atoms with Gasteiger partial charge in [-0.1, -0.05) is 24.3 Å². The molecule has 1 saturated heterocycles. The van der Waals surface area contributed by atoms with Crippen LogP contribution in [0.15, 0.2) is 42.5 Å². The fourth-order valence-corrected chi connectivity index (χ4v) is 3.95. The lowest BCUT2D eigenvalue weighted by Crippen LogP contribution is -2.44. The zero-order valence-corrected chi connectivity index (χ0v) is 16.0. The third kappa shape index (κ3) is 3.77. The minimum atomic E-state index is -0.961. The molecule has 2 aromatic carbocycles. The molecule has 1 spiro atoms.